The first-order valence-corrected chi connectivity index (χ1v) is 11.1. The fourth-order valence-electron chi connectivity index (χ4n) is 4.03. The Morgan fingerprint density at radius 2 is 1.97 bits per heavy atom. The van der Waals surface area contributed by atoms with E-state index in [1.807, 2.05) is 6.92 Å². The van der Waals surface area contributed by atoms with E-state index < -0.39 is 17.6 Å². The third kappa shape index (κ3) is 7.48. The molecule has 2 amide bonds. The Labute approximate surface area is 187 Å². The van der Waals surface area contributed by atoms with Crippen molar-refractivity contribution in [2.75, 3.05) is 26.8 Å². The van der Waals surface area contributed by atoms with E-state index in [4.69, 9.17) is 4.74 Å². The molecule has 32 heavy (non-hydrogen) atoms. The molecule has 1 saturated carbocycles. The van der Waals surface area contributed by atoms with E-state index in [0.29, 0.717) is 25.3 Å². The number of benzene rings is 1. The van der Waals surface area contributed by atoms with Crippen LogP contribution >= 0.6 is 0 Å². The van der Waals surface area contributed by atoms with E-state index in [2.05, 4.69) is 36.4 Å². The minimum Gasteiger partial charge on any atom is -0.381 e. The zero-order valence-electron chi connectivity index (χ0n) is 19.2. The van der Waals surface area contributed by atoms with Gasteiger partial charge in [-0.1, -0.05) is 6.07 Å². The zero-order valence-corrected chi connectivity index (χ0v) is 19.2. The van der Waals surface area contributed by atoms with Gasteiger partial charge in [0.2, 0.25) is 5.91 Å². The first kappa shape index (κ1) is 26.1. The van der Waals surface area contributed by atoms with Crippen LogP contribution in [0.2, 0.25) is 0 Å². The Hall–Kier alpha value is -2.13. The van der Waals surface area contributed by atoms with Gasteiger partial charge < -0.3 is 20.3 Å². The molecule has 1 aliphatic carbocycles. The maximum atomic E-state index is 12.8. The number of nitrogens with one attached hydrogen (secondary N) is 2. The van der Waals surface area contributed by atoms with Gasteiger partial charge in [-0.3, -0.25) is 9.59 Å². The van der Waals surface area contributed by atoms with Crippen molar-refractivity contribution in [1.82, 2.24) is 15.5 Å². The lowest BCUT2D eigenvalue weighted by atomic mass is 9.81. The number of carbonyl (C=O) groups excluding carboxylic acids is 2. The number of hydrogen-bond acceptors (Lipinski definition) is 4. The van der Waals surface area contributed by atoms with E-state index in [1.165, 1.54) is 12.1 Å². The van der Waals surface area contributed by atoms with E-state index in [9.17, 15) is 22.8 Å². The van der Waals surface area contributed by atoms with Crippen molar-refractivity contribution in [3.8, 4) is 0 Å². The van der Waals surface area contributed by atoms with Gasteiger partial charge in [0.1, 0.15) is 0 Å². The van der Waals surface area contributed by atoms with Gasteiger partial charge in [0.25, 0.3) is 5.91 Å². The summed E-state index contributed by atoms with van der Waals surface area (Å²) >= 11 is 0. The predicted octanol–water partition coefficient (Wildman–Crippen LogP) is 3.47. The van der Waals surface area contributed by atoms with Crippen LogP contribution in [0.4, 0.5) is 13.2 Å². The second kappa shape index (κ2) is 11.7. The van der Waals surface area contributed by atoms with Gasteiger partial charge in [0.15, 0.2) is 0 Å². The van der Waals surface area contributed by atoms with Crippen LogP contribution in [0.5, 0.6) is 0 Å². The van der Waals surface area contributed by atoms with Crippen molar-refractivity contribution in [1.29, 1.82) is 0 Å². The topological polar surface area (TPSA) is 70.7 Å². The van der Waals surface area contributed by atoms with Crippen molar-refractivity contribution < 1.29 is 27.5 Å². The van der Waals surface area contributed by atoms with E-state index >= 15 is 0 Å². The van der Waals surface area contributed by atoms with Crippen LogP contribution in [-0.2, 0) is 15.7 Å². The normalized spacial score (nSPS) is 21.6. The summed E-state index contributed by atoms with van der Waals surface area (Å²) in [6.45, 7) is 7.06. The molecule has 9 heteroatoms. The van der Waals surface area contributed by atoms with Crippen molar-refractivity contribution in [3.05, 3.63) is 35.4 Å². The SMILES string of the molecule is CCOC[C@@H]1C[C@H](N(C)C(C)C)CC[C@@H]1NC(=O)CNC(=O)c1cccc(C(F)(F)F)c1. The zero-order chi connectivity index (χ0) is 23.9. The second-order valence-corrected chi connectivity index (χ2v) is 8.58. The summed E-state index contributed by atoms with van der Waals surface area (Å²) in [4.78, 5) is 27.0. The number of alkyl halides is 3. The highest BCUT2D eigenvalue weighted by Gasteiger charge is 2.34. The Balaban J connectivity index is 1.92. The minimum absolute atomic E-state index is 0.0729. The molecular weight excluding hydrogens is 423 g/mol. The molecule has 3 atom stereocenters. The molecule has 180 valence electrons. The molecule has 2 rings (SSSR count). The monoisotopic (exact) mass is 457 g/mol. The lowest BCUT2D eigenvalue weighted by molar-refractivity contribution is -0.137. The van der Waals surface area contributed by atoms with Crippen molar-refractivity contribution >= 4 is 11.8 Å². The average Bonchev–Trinajstić information content (AvgIpc) is 2.75. The van der Waals surface area contributed by atoms with Gasteiger partial charge in [-0.2, -0.15) is 13.2 Å². The van der Waals surface area contributed by atoms with Crippen molar-refractivity contribution in [2.24, 2.45) is 5.92 Å². The largest absolute Gasteiger partial charge is 0.416 e. The molecule has 1 aliphatic rings. The summed E-state index contributed by atoms with van der Waals surface area (Å²) in [5, 5.41) is 5.39. The highest BCUT2D eigenvalue weighted by molar-refractivity contribution is 5.96. The average molecular weight is 458 g/mol. The van der Waals surface area contributed by atoms with Crippen LogP contribution in [-0.4, -0.2) is 61.6 Å². The quantitative estimate of drug-likeness (QED) is 0.596. The predicted molar refractivity (Wildman–Crippen MR) is 116 cm³/mol. The smallest absolute Gasteiger partial charge is 0.381 e. The first-order chi connectivity index (χ1) is 15.0. The van der Waals surface area contributed by atoms with E-state index in [-0.39, 0.29) is 30.0 Å². The molecule has 0 bridgehead atoms. The molecule has 0 aromatic heterocycles. The highest BCUT2D eigenvalue weighted by atomic mass is 19.4. The van der Waals surface area contributed by atoms with Crippen LogP contribution in [0.1, 0.15) is 56.0 Å². The molecule has 0 unspecified atom stereocenters. The molecule has 1 aromatic carbocycles. The Kier molecular flexibility index (Phi) is 9.51. The summed E-state index contributed by atoms with van der Waals surface area (Å²) in [6, 6.07) is 4.89. The van der Waals surface area contributed by atoms with Crippen molar-refractivity contribution in [2.45, 2.75) is 64.3 Å². The molecule has 0 aliphatic heterocycles. The molecular formula is C23H34F3N3O3. The fraction of sp³-hybridized carbons (Fsp3) is 0.652. The molecule has 1 aromatic rings. The molecule has 1 fully saturated rings. The second-order valence-electron chi connectivity index (χ2n) is 8.58. The van der Waals surface area contributed by atoms with Gasteiger partial charge in [-0.15, -0.1) is 0 Å². The molecule has 6 nitrogen and oxygen atoms in total. The van der Waals surface area contributed by atoms with E-state index in [1.54, 1.807) is 0 Å². The Morgan fingerprint density at radius 1 is 1.25 bits per heavy atom. The summed E-state index contributed by atoms with van der Waals surface area (Å²) in [5.41, 5.74) is -1.05. The maximum absolute atomic E-state index is 12.8. The lowest BCUT2D eigenvalue weighted by Crippen LogP contribution is -2.52. The van der Waals surface area contributed by atoms with Crippen molar-refractivity contribution in [3.63, 3.8) is 0 Å². The summed E-state index contributed by atoms with van der Waals surface area (Å²) < 4.78 is 44.2. The number of amides is 2. The summed E-state index contributed by atoms with van der Waals surface area (Å²) in [7, 11) is 2.11. The number of carbonyl (C=O) groups is 2. The van der Waals surface area contributed by atoms with Gasteiger partial charge in [0.05, 0.1) is 18.7 Å². The van der Waals surface area contributed by atoms with Gasteiger partial charge >= 0.3 is 6.18 Å². The van der Waals surface area contributed by atoms with Gasteiger partial charge in [-0.05, 0) is 65.3 Å². The maximum Gasteiger partial charge on any atom is 0.416 e. The third-order valence-electron chi connectivity index (χ3n) is 6.09. The van der Waals surface area contributed by atoms with Crippen LogP contribution in [0.15, 0.2) is 24.3 Å². The molecule has 0 radical (unpaired) electrons. The summed E-state index contributed by atoms with van der Waals surface area (Å²) in [6.07, 6.45) is -1.90. The third-order valence-corrected chi connectivity index (χ3v) is 6.09. The Morgan fingerprint density at radius 3 is 2.59 bits per heavy atom. The molecule has 0 saturated heterocycles. The standard InChI is InChI=1S/C23H34F3N3O3/c1-5-32-14-17-12-19(29(4)15(2)3)9-10-20(17)28-21(30)13-27-22(31)16-7-6-8-18(11-16)23(24,25)26/h6-8,11,15,17,19-20H,5,9-10,12-14H2,1-4H3,(H,27,31)(H,28,30)/t17-,19+,20-/m0/s1. The van der Waals surface area contributed by atoms with E-state index in [0.717, 1.165) is 31.4 Å². The minimum atomic E-state index is -4.54. The van der Waals surface area contributed by atoms with Gasteiger partial charge in [0, 0.05) is 36.2 Å². The summed E-state index contributed by atoms with van der Waals surface area (Å²) in [5.74, 6) is -0.940. The number of nitrogens with zero attached hydrogens (tertiary/aromatic N) is 1. The fourth-order valence-corrected chi connectivity index (χ4v) is 4.03. The number of halogens is 3. The molecule has 0 spiro atoms. The molecule has 0 heterocycles. The number of ether oxygens (including phenoxy) is 1. The number of rotatable bonds is 9. The highest BCUT2D eigenvalue weighted by Crippen LogP contribution is 2.30. The van der Waals surface area contributed by atoms with Crippen LogP contribution < -0.4 is 10.6 Å². The number of hydrogen-bond donors (Lipinski definition) is 2. The van der Waals surface area contributed by atoms with Crippen LogP contribution in [0.25, 0.3) is 0 Å². The first-order valence-electron chi connectivity index (χ1n) is 11.1. The molecule has 2 N–H and O–H groups in total. The van der Waals surface area contributed by atoms with Crippen LogP contribution in [0.3, 0.4) is 0 Å². The Bertz CT molecular complexity index is 770. The van der Waals surface area contributed by atoms with Gasteiger partial charge in [-0.25, -0.2) is 0 Å². The lowest BCUT2D eigenvalue weighted by Gasteiger charge is -2.41. The van der Waals surface area contributed by atoms with Crippen LogP contribution in [0, 0.1) is 5.92 Å².